The molecule has 1 aromatic heterocycles. The topological polar surface area (TPSA) is 60.1 Å². The molecule has 2 rings (SSSR count). The molecule has 21 heavy (non-hydrogen) atoms. The second-order valence-corrected chi connectivity index (χ2v) is 6.08. The van der Waals surface area contributed by atoms with Crippen LogP contribution >= 0.6 is 0 Å². The minimum Gasteiger partial charge on any atom is -0.332 e. The van der Waals surface area contributed by atoms with Gasteiger partial charge < -0.3 is 4.90 Å². The molecule has 2 heterocycles. The van der Waals surface area contributed by atoms with E-state index in [9.17, 15) is 22.8 Å². The Kier molecular flexibility index (Phi) is 3.63. The van der Waals surface area contributed by atoms with Gasteiger partial charge in [-0.25, -0.2) is 9.48 Å². The minimum absolute atomic E-state index is 0.0177. The third-order valence-corrected chi connectivity index (χ3v) is 3.30. The molecule has 1 aliphatic heterocycles. The maximum absolute atomic E-state index is 12.4. The highest BCUT2D eigenvalue weighted by atomic mass is 19.4. The first-order valence-corrected chi connectivity index (χ1v) is 6.53. The fourth-order valence-corrected chi connectivity index (χ4v) is 2.34. The number of hydrogen-bond acceptors (Lipinski definition) is 3. The maximum Gasteiger partial charge on any atom is 0.406 e. The Morgan fingerprint density at radius 3 is 2.38 bits per heavy atom. The van der Waals surface area contributed by atoms with Crippen molar-refractivity contribution in [1.29, 1.82) is 0 Å². The zero-order valence-electron chi connectivity index (χ0n) is 12.0. The second kappa shape index (κ2) is 4.88. The molecule has 0 bridgehead atoms. The number of likely N-dealkylation sites (tertiary alicyclic amines) is 1. The number of nitrogens with zero attached hydrogens (tertiary/aromatic N) is 4. The highest BCUT2D eigenvalue weighted by Gasteiger charge is 2.41. The molecule has 1 aliphatic rings. The third-order valence-electron chi connectivity index (χ3n) is 3.30. The van der Waals surface area contributed by atoms with Crippen molar-refractivity contribution in [2.75, 3.05) is 13.1 Å². The van der Waals surface area contributed by atoms with Gasteiger partial charge >= 0.3 is 11.9 Å². The van der Waals surface area contributed by atoms with Crippen molar-refractivity contribution in [2.45, 2.75) is 44.9 Å². The number of carbonyl (C=O) groups is 1. The molecule has 6 nitrogen and oxygen atoms in total. The molecule has 0 saturated carbocycles. The largest absolute Gasteiger partial charge is 0.406 e. The van der Waals surface area contributed by atoms with Crippen LogP contribution in [0.25, 0.3) is 0 Å². The summed E-state index contributed by atoms with van der Waals surface area (Å²) in [5.74, 6) is -0.692. The Balaban J connectivity index is 2.24. The summed E-state index contributed by atoms with van der Waals surface area (Å²) in [7, 11) is 0. The van der Waals surface area contributed by atoms with Crippen LogP contribution in [0.1, 0.15) is 33.2 Å². The predicted molar refractivity (Wildman–Crippen MR) is 67.8 cm³/mol. The lowest BCUT2D eigenvalue weighted by molar-refractivity contribution is -0.158. The van der Waals surface area contributed by atoms with Crippen LogP contribution in [-0.2, 0) is 10.3 Å². The Labute approximate surface area is 119 Å². The molecule has 0 spiro atoms. The third kappa shape index (κ3) is 3.11. The van der Waals surface area contributed by atoms with E-state index in [1.807, 2.05) is 0 Å². The highest BCUT2D eigenvalue weighted by molar-refractivity contribution is 5.82. The molecule has 1 saturated heterocycles. The number of aromatic nitrogens is 3. The van der Waals surface area contributed by atoms with Crippen LogP contribution in [0.15, 0.2) is 11.1 Å². The fraction of sp³-hybridized carbons (Fsp3) is 0.750. The van der Waals surface area contributed by atoms with Gasteiger partial charge in [-0.2, -0.15) is 18.3 Å². The summed E-state index contributed by atoms with van der Waals surface area (Å²) >= 11 is 0. The van der Waals surface area contributed by atoms with Crippen LogP contribution in [0.5, 0.6) is 0 Å². The van der Waals surface area contributed by atoms with Crippen LogP contribution in [0.3, 0.4) is 0 Å². The van der Waals surface area contributed by atoms with Crippen molar-refractivity contribution in [2.24, 2.45) is 0 Å². The minimum atomic E-state index is -4.44. The molecule has 1 aromatic rings. The van der Waals surface area contributed by atoms with E-state index < -0.39 is 35.9 Å². The quantitative estimate of drug-likeness (QED) is 0.823. The first-order valence-electron chi connectivity index (χ1n) is 6.53. The molecule has 0 N–H and O–H groups in total. The Morgan fingerprint density at radius 2 is 1.90 bits per heavy atom. The second-order valence-electron chi connectivity index (χ2n) is 6.08. The van der Waals surface area contributed by atoms with E-state index in [0.29, 0.717) is 0 Å². The fourth-order valence-electron chi connectivity index (χ4n) is 2.34. The maximum atomic E-state index is 12.4. The van der Waals surface area contributed by atoms with E-state index in [4.69, 9.17) is 0 Å². The Bertz CT molecular complexity index is 597. The van der Waals surface area contributed by atoms with Gasteiger partial charge in [-0.15, -0.1) is 0 Å². The summed E-state index contributed by atoms with van der Waals surface area (Å²) < 4.78 is 39.4. The average Bonchev–Trinajstić information content (AvgIpc) is 2.81. The predicted octanol–water partition coefficient (Wildman–Crippen LogP) is 1.14. The molecular formula is C12H17F3N4O2. The molecule has 0 radical (unpaired) electrons. The van der Waals surface area contributed by atoms with Crippen molar-refractivity contribution in [3.63, 3.8) is 0 Å². The van der Waals surface area contributed by atoms with E-state index in [1.165, 1.54) is 11.0 Å². The van der Waals surface area contributed by atoms with E-state index in [0.717, 1.165) is 9.47 Å². The summed E-state index contributed by atoms with van der Waals surface area (Å²) in [6.07, 6.45) is -3.05. The number of rotatable bonds is 2. The van der Waals surface area contributed by atoms with Crippen LogP contribution in [0, 0.1) is 0 Å². The first kappa shape index (κ1) is 15.6. The molecule has 0 aromatic carbocycles. The number of carbonyl (C=O) groups excluding carboxylic acids is 1. The smallest absolute Gasteiger partial charge is 0.332 e. The number of alkyl halides is 3. The van der Waals surface area contributed by atoms with Gasteiger partial charge in [0.25, 0.3) is 0 Å². The lowest BCUT2D eigenvalue weighted by Gasteiger charge is -2.19. The number of halogens is 3. The summed E-state index contributed by atoms with van der Waals surface area (Å²) in [6, 6.07) is -0.907. The molecule has 1 amide bonds. The van der Waals surface area contributed by atoms with E-state index in [-0.39, 0.29) is 13.0 Å². The molecule has 118 valence electrons. The molecule has 9 heteroatoms. The van der Waals surface area contributed by atoms with Crippen LogP contribution in [0.2, 0.25) is 0 Å². The lowest BCUT2D eigenvalue weighted by Crippen LogP contribution is -2.40. The average molecular weight is 306 g/mol. The summed E-state index contributed by atoms with van der Waals surface area (Å²) in [5.41, 5.74) is -1.05. The SMILES string of the molecule is CC(C)(C)n1ncn(C2CCN(CC(F)(F)F)C2=O)c1=O. The van der Waals surface area contributed by atoms with Crippen molar-refractivity contribution in [3.8, 4) is 0 Å². The van der Waals surface area contributed by atoms with Gasteiger partial charge in [0, 0.05) is 6.54 Å². The van der Waals surface area contributed by atoms with Crippen LogP contribution in [0.4, 0.5) is 13.2 Å². The van der Waals surface area contributed by atoms with Crippen LogP contribution < -0.4 is 5.69 Å². The van der Waals surface area contributed by atoms with Gasteiger partial charge in [0.1, 0.15) is 18.9 Å². The van der Waals surface area contributed by atoms with Gasteiger partial charge in [-0.3, -0.25) is 9.36 Å². The molecule has 0 aliphatic carbocycles. The van der Waals surface area contributed by atoms with Gasteiger partial charge in [0.05, 0.1) is 5.54 Å². The molecular weight excluding hydrogens is 289 g/mol. The summed E-state index contributed by atoms with van der Waals surface area (Å²) in [4.78, 5) is 25.0. The zero-order valence-corrected chi connectivity index (χ0v) is 12.0. The molecule has 1 atom stereocenters. The van der Waals surface area contributed by atoms with Gasteiger partial charge in [0.15, 0.2) is 0 Å². The van der Waals surface area contributed by atoms with E-state index >= 15 is 0 Å². The highest BCUT2D eigenvalue weighted by Crippen LogP contribution is 2.26. The Morgan fingerprint density at radius 1 is 1.29 bits per heavy atom. The van der Waals surface area contributed by atoms with Crippen molar-refractivity contribution in [3.05, 3.63) is 16.8 Å². The van der Waals surface area contributed by atoms with Gasteiger partial charge in [0.2, 0.25) is 5.91 Å². The number of amides is 1. The van der Waals surface area contributed by atoms with Crippen molar-refractivity contribution in [1.82, 2.24) is 19.2 Å². The van der Waals surface area contributed by atoms with E-state index in [1.54, 1.807) is 20.8 Å². The van der Waals surface area contributed by atoms with E-state index in [2.05, 4.69) is 5.10 Å². The summed E-state index contributed by atoms with van der Waals surface area (Å²) in [5, 5.41) is 3.94. The van der Waals surface area contributed by atoms with Crippen molar-refractivity contribution >= 4 is 5.91 Å². The zero-order chi connectivity index (χ0) is 16.0. The van der Waals surface area contributed by atoms with Crippen LogP contribution in [-0.4, -0.2) is 44.4 Å². The molecule has 1 fully saturated rings. The van der Waals surface area contributed by atoms with Crippen molar-refractivity contribution < 1.29 is 18.0 Å². The molecule has 1 unspecified atom stereocenters. The first-order chi connectivity index (χ1) is 9.50. The number of hydrogen-bond donors (Lipinski definition) is 0. The Hall–Kier alpha value is -1.80. The lowest BCUT2D eigenvalue weighted by atomic mass is 10.1. The van der Waals surface area contributed by atoms with Gasteiger partial charge in [-0.1, -0.05) is 0 Å². The van der Waals surface area contributed by atoms with Gasteiger partial charge in [-0.05, 0) is 27.2 Å². The standard InChI is InChI=1S/C12H17F3N4O2/c1-11(2,3)19-10(21)18(7-16-19)8-4-5-17(9(8)20)6-12(13,14)15/h7-8H,4-6H2,1-3H3. The normalized spacial score (nSPS) is 20.4. The summed E-state index contributed by atoms with van der Waals surface area (Å²) in [6.45, 7) is 4.02. The monoisotopic (exact) mass is 306 g/mol.